The molecule has 59 heavy (non-hydrogen) atoms. The van der Waals surface area contributed by atoms with Crippen LogP contribution in [0.15, 0.2) is 0 Å². The van der Waals surface area contributed by atoms with Crippen LogP contribution >= 0.6 is 0 Å². The Hall–Kier alpha value is -3.91. The third-order valence-corrected chi connectivity index (χ3v) is 9.76. The highest BCUT2D eigenvalue weighted by atomic mass is 16.5. The summed E-state index contributed by atoms with van der Waals surface area (Å²) in [6.45, 7) is 18.5. The van der Waals surface area contributed by atoms with Crippen molar-refractivity contribution in [3.05, 3.63) is 0 Å². The van der Waals surface area contributed by atoms with Gasteiger partial charge in [0.05, 0.1) is 26.9 Å². The average molecular weight is 851 g/mol. The number of likely N-dealkylation sites (N-methyl/N-ethyl adjacent to an activating group) is 3. The molecule has 1 amide bonds. The second-order valence-electron chi connectivity index (χ2n) is 14.2. The van der Waals surface area contributed by atoms with Gasteiger partial charge >= 0.3 is 5.97 Å². The number of rotatable bonds is 22. The van der Waals surface area contributed by atoms with Gasteiger partial charge in [-0.3, -0.25) is 43.4 Å². The zero-order valence-electron chi connectivity index (χ0n) is 37.6. The molecular weight excluding hydrogens is 772 g/mol. The number of hydrogen-bond donors (Lipinski definition) is 1. The lowest BCUT2D eigenvalue weighted by Gasteiger charge is -2.40. The Bertz CT molecular complexity index is 1080. The maximum absolute atomic E-state index is 11.7. The van der Waals surface area contributed by atoms with Gasteiger partial charge in [0.25, 0.3) is 32.4 Å². The first-order valence-electron chi connectivity index (χ1n) is 20.3. The highest BCUT2D eigenvalue weighted by molar-refractivity contribution is 5.75. The first-order valence-corrected chi connectivity index (χ1v) is 20.3. The van der Waals surface area contributed by atoms with Gasteiger partial charge in [-0.1, -0.05) is 20.3 Å². The first kappa shape index (κ1) is 59.4. The lowest BCUT2D eigenvalue weighted by molar-refractivity contribution is -0.162. The van der Waals surface area contributed by atoms with Gasteiger partial charge in [-0.05, 0) is 101 Å². The fraction of sp³-hybridized carbons (Fsp3) is 0.825. The molecule has 3 saturated heterocycles. The molecule has 0 aromatic rings. The molecule has 19 nitrogen and oxygen atoms in total. The quantitative estimate of drug-likeness (QED) is 0.0697. The Labute approximate surface area is 353 Å². The Kier molecular flexibility index (Phi) is 41.1. The number of ether oxygens (including phenoxy) is 6. The van der Waals surface area contributed by atoms with Gasteiger partial charge in [0, 0.05) is 44.2 Å². The summed E-state index contributed by atoms with van der Waals surface area (Å²) in [7, 11) is 11.1. The van der Waals surface area contributed by atoms with Gasteiger partial charge in [0.2, 0.25) is 5.91 Å². The largest absolute Gasteiger partial charge is 0.469 e. The van der Waals surface area contributed by atoms with Crippen molar-refractivity contribution in [2.45, 2.75) is 96.9 Å². The van der Waals surface area contributed by atoms with Gasteiger partial charge in [0.15, 0.2) is 0 Å². The molecule has 3 aliphatic heterocycles. The van der Waals surface area contributed by atoms with Crippen LogP contribution in [0, 0.1) is 5.92 Å². The van der Waals surface area contributed by atoms with Gasteiger partial charge in [0.1, 0.15) is 25.2 Å². The zero-order chi connectivity index (χ0) is 45.4. The summed E-state index contributed by atoms with van der Waals surface area (Å²) >= 11 is 0. The highest BCUT2D eigenvalue weighted by Gasteiger charge is 2.50. The van der Waals surface area contributed by atoms with Crippen molar-refractivity contribution in [2.24, 2.45) is 11.7 Å². The molecule has 2 bridgehead atoms. The van der Waals surface area contributed by atoms with E-state index in [-0.39, 0.29) is 29.9 Å². The van der Waals surface area contributed by atoms with E-state index in [0.717, 1.165) is 58.4 Å². The average Bonchev–Trinajstić information content (AvgIpc) is 3.44. The van der Waals surface area contributed by atoms with Crippen molar-refractivity contribution in [3.63, 3.8) is 0 Å². The first-order chi connectivity index (χ1) is 28.2. The van der Waals surface area contributed by atoms with Crippen molar-refractivity contribution in [3.8, 4) is 0 Å². The van der Waals surface area contributed by atoms with Crippen molar-refractivity contribution >= 4 is 44.2 Å². The normalized spacial score (nSPS) is 20.3. The molecule has 0 saturated carbocycles. The van der Waals surface area contributed by atoms with Gasteiger partial charge in [-0.25, -0.2) is 0 Å². The number of fused-ring (bicyclic) bond motifs is 2. The predicted octanol–water partition coefficient (Wildman–Crippen LogP) is 1.04. The van der Waals surface area contributed by atoms with Crippen LogP contribution in [0.3, 0.4) is 0 Å². The molecule has 3 heterocycles. The van der Waals surface area contributed by atoms with E-state index in [2.05, 4.69) is 47.5 Å². The van der Waals surface area contributed by atoms with Crippen molar-refractivity contribution in [1.82, 2.24) is 24.5 Å². The lowest BCUT2D eigenvalue weighted by Crippen LogP contribution is -2.53. The molecule has 0 aromatic carbocycles. The number of methoxy groups -OCH3 is 1. The van der Waals surface area contributed by atoms with E-state index in [9.17, 15) is 33.6 Å². The number of nitrogens with zero attached hydrogens (tertiary/aromatic N) is 5. The lowest BCUT2D eigenvalue weighted by atomic mass is 9.87. The molecule has 19 heteroatoms. The van der Waals surface area contributed by atoms with Gasteiger partial charge in [-0.15, -0.1) is 0 Å². The summed E-state index contributed by atoms with van der Waals surface area (Å²) in [5, 5.41) is 0. The number of hydrogen-bond acceptors (Lipinski definition) is 18. The fourth-order valence-electron chi connectivity index (χ4n) is 6.11. The molecule has 3 fully saturated rings. The maximum atomic E-state index is 11.7. The topological polar surface area (TPSA) is 217 Å². The van der Waals surface area contributed by atoms with Gasteiger partial charge < -0.3 is 48.9 Å². The van der Waals surface area contributed by atoms with E-state index in [1.165, 1.54) is 32.9 Å². The summed E-state index contributed by atoms with van der Waals surface area (Å²) in [4.78, 5) is 81.2. The second-order valence-corrected chi connectivity index (χ2v) is 14.2. The number of esters is 1. The molecule has 2 unspecified atom stereocenters. The van der Waals surface area contributed by atoms with E-state index in [1.54, 1.807) is 6.92 Å². The summed E-state index contributed by atoms with van der Waals surface area (Å²) in [5.41, 5.74) is 4.89. The van der Waals surface area contributed by atoms with Crippen LogP contribution in [0.1, 0.15) is 72.6 Å². The molecule has 2 N–H and O–H groups in total. The Morgan fingerprint density at radius 1 is 0.763 bits per heavy atom. The molecule has 0 aromatic heterocycles. The summed E-state index contributed by atoms with van der Waals surface area (Å²) < 4.78 is 27.6. The third-order valence-electron chi connectivity index (χ3n) is 9.76. The summed E-state index contributed by atoms with van der Waals surface area (Å²) in [6, 6.07) is 1.29. The maximum Gasteiger partial charge on any atom is 0.314 e. The Morgan fingerprint density at radius 3 is 1.78 bits per heavy atom. The minimum Gasteiger partial charge on any atom is -0.469 e. The fourth-order valence-corrected chi connectivity index (χ4v) is 6.11. The number of primary amides is 1. The van der Waals surface area contributed by atoms with Crippen LogP contribution in [-0.4, -0.2) is 208 Å². The number of amides is 1. The summed E-state index contributed by atoms with van der Waals surface area (Å²) in [6.07, 6.45) is 7.40. The monoisotopic (exact) mass is 851 g/mol. The SMILES string of the molecule is CC1CCCCN1CCCOC=O.CCN(C)CC(N)=O.CCN(C)CCOC=O.CCOC=O.CN(C)CCOC=O.COC(=O)[C@@H]1C2CC[C@H](C[C@@H]1OC=O)N2C. The Balaban J connectivity index is -0.000000664. The molecule has 5 atom stereocenters. The molecule has 346 valence electrons. The smallest absolute Gasteiger partial charge is 0.314 e. The van der Waals surface area contributed by atoms with Crippen LogP contribution in [0.2, 0.25) is 0 Å². The zero-order valence-corrected chi connectivity index (χ0v) is 37.6. The van der Waals surface area contributed by atoms with Crippen LogP contribution < -0.4 is 5.73 Å². The minimum atomic E-state index is -0.334. The second kappa shape index (κ2) is 40.9. The van der Waals surface area contributed by atoms with Crippen LogP contribution in [0.5, 0.6) is 0 Å². The number of piperidine rings is 2. The minimum absolute atomic E-state index is 0.149. The predicted molar refractivity (Wildman–Crippen MR) is 223 cm³/mol. The number of carbonyl (C=O) groups excluding carboxylic acids is 7. The standard InChI is InChI=1S/C11H17NO4.C10H19NO2.C6H13NO2.C5H12N2O.C5H11NO2.C3H6O2/c1-12-7-3-4-8(12)10(11(14)15-2)9(5-7)16-6-13;1-10-5-2-3-6-11(10)7-4-8-13-9-12;1-3-7(2)4-5-9-6-8;1-3-7(2)4-5(6)8;1-6(2)3-4-8-5-7;1-2-5-3-4/h6-10H,3-5H2,1-2H3;9-10H,2-8H2,1H3;6H,3-5H2,1-2H3;3-4H2,1-2H3,(H2,6,8);5H,3-4H2,1-2H3;3H,2H2,1H3/t7-,8?,9+,10-;;;;;/m1...../s1. The molecule has 3 rings (SSSR count). The van der Waals surface area contributed by atoms with E-state index < -0.39 is 0 Å². The van der Waals surface area contributed by atoms with Crippen molar-refractivity contribution in [2.75, 3.05) is 115 Å². The number of likely N-dealkylation sites (tertiary alicyclic amines) is 1. The third kappa shape index (κ3) is 32.6. The summed E-state index contributed by atoms with van der Waals surface area (Å²) in [5.74, 6) is -0.877. The molecule has 0 aliphatic carbocycles. The van der Waals surface area contributed by atoms with Crippen LogP contribution in [0.25, 0.3) is 0 Å². The van der Waals surface area contributed by atoms with E-state index in [0.29, 0.717) is 77.4 Å². The number of nitrogens with two attached hydrogens (primary N) is 1. The van der Waals surface area contributed by atoms with Crippen molar-refractivity contribution < 1.29 is 62.0 Å². The Morgan fingerprint density at radius 2 is 1.34 bits per heavy atom. The highest BCUT2D eigenvalue weighted by Crippen LogP contribution is 2.39. The molecular formula is C40H78N6O13. The van der Waals surface area contributed by atoms with Crippen LogP contribution in [-0.2, 0) is 62.0 Å². The van der Waals surface area contributed by atoms with Crippen molar-refractivity contribution in [1.29, 1.82) is 0 Å². The molecule has 3 aliphatic rings. The molecule has 0 spiro atoms. The molecule has 0 radical (unpaired) electrons. The van der Waals surface area contributed by atoms with E-state index >= 15 is 0 Å². The van der Waals surface area contributed by atoms with Crippen LogP contribution in [0.4, 0.5) is 0 Å². The van der Waals surface area contributed by atoms with E-state index in [1.807, 2.05) is 52.0 Å². The number of carbonyl (C=O) groups is 7. The van der Waals surface area contributed by atoms with E-state index in [4.69, 9.17) is 15.2 Å². The van der Waals surface area contributed by atoms with Gasteiger partial charge in [-0.2, -0.15) is 0 Å².